The third-order valence-electron chi connectivity index (χ3n) is 3.02. The van der Waals surface area contributed by atoms with Crippen LogP contribution in [-0.2, 0) is 4.74 Å². The number of hydrogen-bond acceptors (Lipinski definition) is 2. The van der Waals surface area contributed by atoms with E-state index in [0.717, 1.165) is 12.1 Å². The summed E-state index contributed by atoms with van der Waals surface area (Å²) < 4.78 is 32.0. The Kier molecular flexibility index (Phi) is 3.99. The first kappa shape index (κ1) is 13.1. The summed E-state index contributed by atoms with van der Waals surface area (Å²) in [5.41, 5.74) is -1.34. The molecule has 1 N–H and O–H groups in total. The normalized spacial score (nSPS) is 16.9. The van der Waals surface area contributed by atoms with E-state index < -0.39 is 23.3 Å². The van der Waals surface area contributed by atoms with Crippen molar-refractivity contribution in [3.05, 3.63) is 35.4 Å². The first-order valence-corrected chi connectivity index (χ1v) is 5.13. The van der Waals surface area contributed by atoms with Crippen LogP contribution in [0, 0.1) is 11.6 Å². The van der Waals surface area contributed by atoms with E-state index in [-0.39, 0.29) is 5.56 Å². The van der Waals surface area contributed by atoms with Crippen LogP contribution >= 0.6 is 0 Å². The molecule has 1 aromatic carbocycles. The Hall–Kier alpha value is -1.00. The zero-order chi connectivity index (χ0) is 12.3. The summed E-state index contributed by atoms with van der Waals surface area (Å²) in [5.74, 6) is -1.52. The van der Waals surface area contributed by atoms with E-state index in [1.807, 2.05) is 0 Å². The molecular weight excluding hydrogens is 214 g/mol. The summed E-state index contributed by atoms with van der Waals surface area (Å²) in [6.07, 6.45) is -0.887. The van der Waals surface area contributed by atoms with E-state index >= 15 is 0 Å². The van der Waals surface area contributed by atoms with Crippen molar-refractivity contribution in [1.82, 2.24) is 0 Å². The average molecular weight is 230 g/mol. The number of halogens is 2. The Morgan fingerprint density at radius 3 is 2.25 bits per heavy atom. The van der Waals surface area contributed by atoms with Gasteiger partial charge < -0.3 is 9.84 Å². The lowest BCUT2D eigenvalue weighted by Gasteiger charge is -2.32. The van der Waals surface area contributed by atoms with Crippen LogP contribution in [0.3, 0.4) is 0 Å². The summed E-state index contributed by atoms with van der Waals surface area (Å²) in [6, 6.07) is 3.50. The first-order valence-electron chi connectivity index (χ1n) is 5.13. The minimum Gasteiger partial charge on any atom is -0.385 e. The van der Waals surface area contributed by atoms with Gasteiger partial charge in [0.05, 0.1) is 11.2 Å². The Morgan fingerprint density at radius 2 is 1.88 bits per heavy atom. The second kappa shape index (κ2) is 4.89. The molecule has 0 heterocycles. The highest BCUT2D eigenvalue weighted by atomic mass is 19.1. The Labute approximate surface area is 93.9 Å². The predicted octanol–water partition coefficient (Wildman–Crippen LogP) is 2.81. The van der Waals surface area contributed by atoms with Crippen molar-refractivity contribution in [1.29, 1.82) is 0 Å². The fourth-order valence-corrected chi connectivity index (χ4v) is 1.53. The summed E-state index contributed by atoms with van der Waals surface area (Å²) >= 11 is 0. The number of hydrogen-bond donors (Lipinski definition) is 1. The molecule has 0 radical (unpaired) electrons. The lowest BCUT2D eigenvalue weighted by molar-refractivity contribution is -0.0967. The maximum atomic E-state index is 13.4. The van der Waals surface area contributed by atoms with E-state index in [2.05, 4.69) is 0 Å². The molecule has 0 aliphatic carbocycles. The van der Waals surface area contributed by atoms with E-state index in [4.69, 9.17) is 4.74 Å². The van der Waals surface area contributed by atoms with Crippen molar-refractivity contribution in [2.75, 3.05) is 7.11 Å². The second-order valence-corrected chi connectivity index (χ2v) is 3.91. The molecule has 0 aliphatic rings. The quantitative estimate of drug-likeness (QED) is 0.861. The van der Waals surface area contributed by atoms with Gasteiger partial charge in [0.2, 0.25) is 0 Å². The van der Waals surface area contributed by atoms with Gasteiger partial charge in [-0.2, -0.15) is 0 Å². The predicted molar refractivity (Wildman–Crippen MR) is 57.0 cm³/mol. The maximum Gasteiger partial charge on any atom is 0.132 e. The molecule has 0 bridgehead atoms. The van der Waals surface area contributed by atoms with E-state index in [9.17, 15) is 13.9 Å². The summed E-state index contributed by atoms with van der Waals surface area (Å²) in [4.78, 5) is 0. The van der Waals surface area contributed by atoms with Gasteiger partial charge in [0, 0.05) is 7.11 Å². The van der Waals surface area contributed by atoms with Crippen LogP contribution in [0.5, 0.6) is 0 Å². The molecule has 0 saturated carbocycles. The molecule has 16 heavy (non-hydrogen) atoms. The van der Waals surface area contributed by atoms with Gasteiger partial charge in [-0.05, 0) is 25.5 Å². The monoisotopic (exact) mass is 230 g/mol. The van der Waals surface area contributed by atoms with Gasteiger partial charge in [-0.25, -0.2) is 8.78 Å². The standard InChI is InChI=1S/C12H16F2O2/c1-4-12(2,16-3)11(15)10-8(13)6-5-7-9(10)14/h5-7,11,15H,4H2,1-3H3. The third kappa shape index (κ3) is 2.23. The van der Waals surface area contributed by atoms with Crippen LogP contribution < -0.4 is 0 Å². The van der Waals surface area contributed by atoms with Gasteiger partial charge >= 0.3 is 0 Å². The number of ether oxygens (including phenoxy) is 1. The van der Waals surface area contributed by atoms with Crippen LogP contribution in [0.15, 0.2) is 18.2 Å². The summed E-state index contributed by atoms with van der Waals surface area (Å²) in [6.45, 7) is 3.40. The van der Waals surface area contributed by atoms with Crippen LogP contribution in [0.1, 0.15) is 31.9 Å². The summed E-state index contributed by atoms with van der Waals surface area (Å²) in [7, 11) is 1.41. The third-order valence-corrected chi connectivity index (χ3v) is 3.02. The molecule has 0 aliphatic heterocycles. The lowest BCUT2D eigenvalue weighted by atomic mass is 9.89. The fraction of sp³-hybridized carbons (Fsp3) is 0.500. The topological polar surface area (TPSA) is 29.5 Å². The Morgan fingerprint density at radius 1 is 1.38 bits per heavy atom. The van der Waals surface area contributed by atoms with E-state index in [0.29, 0.717) is 6.42 Å². The average Bonchev–Trinajstić information content (AvgIpc) is 2.27. The number of rotatable bonds is 4. The molecule has 1 rings (SSSR count). The van der Waals surface area contributed by atoms with Gasteiger partial charge in [0.15, 0.2) is 0 Å². The highest BCUT2D eigenvalue weighted by Crippen LogP contribution is 2.34. The molecule has 4 heteroatoms. The van der Waals surface area contributed by atoms with Gasteiger partial charge in [-0.1, -0.05) is 13.0 Å². The number of methoxy groups -OCH3 is 1. The lowest BCUT2D eigenvalue weighted by Crippen LogP contribution is -2.35. The number of aliphatic hydroxyl groups is 1. The molecule has 90 valence electrons. The van der Waals surface area contributed by atoms with Gasteiger partial charge in [0.1, 0.15) is 17.7 Å². The highest BCUT2D eigenvalue weighted by molar-refractivity contribution is 5.24. The number of benzene rings is 1. The van der Waals surface area contributed by atoms with E-state index in [1.165, 1.54) is 13.2 Å². The molecule has 0 aromatic heterocycles. The van der Waals surface area contributed by atoms with Crippen LogP contribution in [-0.4, -0.2) is 17.8 Å². The molecule has 0 amide bonds. The van der Waals surface area contributed by atoms with Crippen molar-refractivity contribution in [2.45, 2.75) is 32.0 Å². The second-order valence-electron chi connectivity index (χ2n) is 3.91. The fourth-order valence-electron chi connectivity index (χ4n) is 1.53. The van der Waals surface area contributed by atoms with Crippen molar-refractivity contribution >= 4 is 0 Å². The Bertz CT molecular complexity index is 342. The van der Waals surface area contributed by atoms with E-state index in [1.54, 1.807) is 13.8 Å². The zero-order valence-corrected chi connectivity index (χ0v) is 9.63. The van der Waals surface area contributed by atoms with Crippen molar-refractivity contribution < 1.29 is 18.6 Å². The molecule has 0 fully saturated rings. The Balaban J connectivity index is 3.18. The van der Waals surface area contributed by atoms with Crippen LogP contribution in [0.4, 0.5) is 8.78 Å². The smallest absolute Gasteiger partial charge is 0.132 e. The highest BCUT2D eigenvalue weighted by Gasteiger charge is 2.35. The SMILES string of the molecule is CCC(C)(OC)C(O)c1c(F)cccc1F. The molecule has 0 saturated heterocycles. The summed E-state index contributed by atoms with van der Waals surface area (Å²) in [5, 5.41) is 10.00. The number of aliphatic hydroxyl groups excluding tert-OH is 1. The van der Waals surface area contributed by atoms with Crippen LogP contribution in [0.25, 0.3) is 0 Å². The van der Waals surface area contributed by atoms with Gasteiger partial charge in [0.25, 0.3) is 0 Å². The van der Waals surface area contributed by atoms with Crippen molar-refractivity contribution in [3.8, 4) is 0 Å². The first-order chi connectivity index (χ1) is 7.46. The molecule has 0 spiro atoms. The zero-order valence-electron chi connectivity index (χ0n) is 9.63. The van der Waals surface area contributed by atoms with Crippen molar-refractivity contribution in [2.24, 2.45) is 0 Å². The molecule has 2 nitrogen and oxygen atoms in total. The molecule has 2 unspecified atom stereocenters. The minimum atomic E-state index is -1.33. The van der Waals surface area contributed by atoms with Gasteiger partial charge in [-0.15, -0.1) is 0 Å². The van der Waals surface area contributed by atoms with Crippen LogP contribution in [0.2, 0.25) is 0 Å². The maximum absolute atomic E-state index is 13.4. The van der Waals surface area contributed by atoms with Gasteiger partial charge in [-0.3, -0.25) is 0 Å². The largest absolute Gasteiger partial charge is 0.385 e. The molecular formula is C12H16F2O2. The molecule has 2 atom stereocenters. The minimum absolute atomic E-state index is 0.339. The van der Waals surface area contributed by atoms with Crippen molar-refractivity contribution in [3.63, 3.8) is 0 Å². The molecule has 1 aromatic rings.